The lowest BCUT2D eigenvalue weighted by Gasteiger charge is -2.20. The van der Waals surface area contributed by atoms with Gasteiger partial charge in [0, 0.05) is 12.1 Å². The SMILES string of the molecule is CCC(NC(C)C)c1cccc(C2CC2)c1. The fourth-order valence-corrected chi connectivity index (χ4v) is 2.30. The van der Waals surface area contributed by atoms with Crippen LogP contribution >= 0.6 is 0 Å². The summed E-state index contributed by atoms with van der Waals surface area (Å²) in [7, 11) is 0. The van der Waals surface area contributed by atoms with Gasteiger partial charge in [0.15, 0.2) is 0 Å². The van der Waals surface area contributed by atoms with E-state index in [1.165, 1.54) is 18.4 Å². The molecule has 16 heavy (non-hydrogen) atoms. The summed E-state index contributed by atoms with van der Waals surface area (Å²) < 4.78 is 0. The van der Waals surface area contributed by atoms with Crippen molar-refractivity contribution in [3.63, 3.8) is 0 Å². The molecular formula is C15H23N. The van der Waals surface area contributed by atoms with Gasteiger partial charge in [-0.3, -0.25) is 0 Å². The average Bonchev–Trinajstić information content (AvgIpc) is 3.09. The van der Waals surface area contributed by atoms with Crippen LogP contribution in [0.1, 0.15) is 63.1 Å². The van der Waals surface area contributed by atoms with Gasteiger partial charge in [0.05, 0.1) is 0 Å². The number of hydrogen-bond acceptors (Lipinski definition) is 1. The van der Waals surface area contributed by atoms with Crippen molar-refractivity contribution in [3.8, 4) is 0 Å². The summed E-state index contributed by atoms with van der Waals surface area (Å²) in [6, 6.07) is 10.2. The Kier molecular flexibility index (Phi) is 3.65. The van der Waals surface area contributed by atoms with E-state index in [0.717, 1.165) is 12.3 Å². The van der Waals surface area contributed by atoms with Crippen molar-refractivity contribution in [1.82, 2.24) is 5.32 Å². The van der Waals surface area contributed by atoms with Gasteiger partial charge in [-0.05, 0) is 36.3 Å². The molecule has 0 heterocycles. The smallest absolute Gasteiger partial charge is 0.0319 e. The first-order valence-electron chi connectivity index (χ1n) is 6.56. The summed E-state index contributed by atoms with van der Waals surface area (Å²) in [6.45, 7) is 6.69. The molecule has 1 nitrogen and oxygen atoms in total. The zero-order chi connectivity index (χ0) is 11.5. The maximum absolute atomic E-state index is 3.63. The lowest BCUT2D eigenvalue weighted by atomic mass is 9.99. The Morgan fingerprint density at radius 2 is 2.06 bits per heavy atom. The van der Waals surface area contributed by atoms with Crippen LogP contribution in [0.15, 0.2) is 24.3 Å². The lowest BCUT2D eigenvalue weighted by Crippen LogP contribution is -2.27. The van der Waals surface area contributed by atoms with Gasteiger partial charge in [0.2, 0.25) is 0 Å². The van der Waals surface area contributed by atoms with E-state index in [9.17, 15) is 0 Å². The Bertz CT molecular complexity index is 339. The topological polar surface area (TPSA) is 12.0 Å². The average molecular weight is 217 g/mol. The Labute approximate surface area is 99.3 Å². The van der Waals surface area contributed by atoms with E-state index in [1.807, 2.05) is 0 Å². The second kappa shape index (κ2) is 5.01. The molecule has 1 aliphatic carbocycles. The van der Waals surface area contributed by atoms with Gasteiger partial charge in [-0.2, -0.15) is 0 Å². The lowest BCUT2D eigenvalue weighted by molar-refractivity contribution is 0.466. The van der Waals surface area contributed by atoms with Crippen molar-refractivity contribution >= 4 is 0 Å². The normalized spacial score (nSPS) is 17.8. The van der Waals surface area contributed by atoms with Crippen LogP contribution in [0.5, 0.6) is 0 Å². The molecule has 0 bridgehead atoms. The molecule has 1 aromatic carbocycles. The first kappa shape index (κ1) is 11.7. The first-order valence-corrected chi connectivity index (χ1v) is 6.56. The molecule has 0 amide bonds. The van der Waals surface area contributed by atoms with Crippen molar-refractivity contribution in [3.05, 3.63) is 35.4 Å². The van der Waals surface area contributed by atoms with E-state index in [-0.39, 0.29) is 0 Å². The Morgan fingerprint density at radius 3 is 2.62 bits per heavy atom. The molecule has 1 heteroatoms. The van der Waals surface area contributed by atoms with E-state index in [0.29, 0.717) is 12.1 Å². The summed E-state index contributed by atoms with van der Waals surface area (Å²) in [6.07, 6.45) is 3.93. The van der Waals surface area contributed by atoms with E-state index in [2.05, 4.69) is 50.4 Å². The maximum atomic E-state index is 3.63. The second-order valence-corrected chi connectivity index (χ2v) is 5.23. The number of benzene rings is 1. The standard InChI is InChI=1S/C15H23N/c1-4-15(16-11(2)3)14-7-5-6-13(10-14)12-8-9-12/h5-7,10-12,15-16H,4,8-9H2,1-3H3. The van der Waals surface area contributed by atoms with Crippen molar-refractivity contribution in [2.24, 2.45) is 0 Å². The number of nitrogens with one attached hydrogen (secondary N) is 1. The van der Waals surface area contributed by atoms with E-state index in [4.69, 9.17) is 0 Å². The third kappa shape index (κ3) is 2.85. The van der Waals surface area contributed by atoms with E-state index >= 15 is 0 Å². The van der Waals surface area contributed by atoms with Crippen LogP contribution in [0.3, 0.4) is 0 Å². The highest BCUT2D eigenvalue weighted by Crippen LogP contribution is 2.40. The van der Waals surface area contributed by atoms with Crippen LogP contribution in [-0.2, 0) is 0 Å². The first-order chi connectivity index (χ1) is 7.70. The Balaban J connectivity index is 2.13. The highest BCUT2D eigenvalue weighted by Gasteiger charge is 2.24. The summed E-state index contributed by atoms with van der Waals surface area (Å²) in [4.78, 5) is 0. The molecular weight excluding hydrogens is 194 g/mol. The molecule has 1 N–H and O–H groups in total. The molecule has 0 radical (unpaired) electrons. The fourth-order valence-electron chi connectivity index (χ4n) is 2.30. The molecule has 1 fully saturated rings. The summed E-state index contributed by atoms with van der Waals surface area (Å²) in [5.41, 5.74) is 3.00. The van der Waals surface area contributed by atoms with Crippen LogP contribution in [0.4, 0.5) is 0 Å². The van der Waals surface area contributed by atoms with Crippen molar-refractivity contribution < 1.29 is 0 Å². The fraction of sp³-hybridized carbons (Fsp3) is 0.600. The van der Waals surface area contributed by atoms with Crippen LogP contribution in [0, 0.1) is 0 Å². The molecule has 0 spiro atoms. The maximum Gasteiger partial charge on any atom is 0.0319 e. The number of hydrogen-bond donors (Lipinski definition) is 1. The zero-order valence-corrected chi connectivity index (χ0v) is 10.7. The molecule has 0 aromatic heterocycles. The molecule has 1 aliphatic rings. The Morgan fingerprint density at radius 1 is 1.31 bits per heavy atom. The van der Waals surface area contributed by atoms with Crippen LogP contribution in [-0.4, -0.2) is 6.04 Å². The minimum Gasteiger partial charge on any atom is -0.308 e. The van der Waals surface area contributed by atoms with Gasteiger partial charge >= 0.3 is 0 Å². The molecule has 1 unspecified atom stereocenters. The van der Waals surface area contributed by atoms with Gasteiger partial charge in [0.25, 0.3) is 0 Å². The monoisotopic (exact) mass is 217 g/mol. The van der Waals surface area contributed by atoms with Crippen LogP contribution in [0.2, 0.25) is 0 Å². The van der Waals surface area contributed by atoms with Gasteiger partial charge in [-0.1, -0.05) is 45.0 Å². The number of rotatable bonds is 5. The predicted octanol–water partition coefficient (Wildman–Crippen LogP) is 4.01. The second-order valence-electron chi connectivity index (χ2n) is 5.23. The minimum atomic E-state index is 0.513. The van der Waals surface area contributed by atoms with Crippen molar-refractivity contribution in [1.29, 1.82) is 0 Å². The largest absolute Gasteiger partial charge is 0.308 e. The summed E-state index contributed by atoms with van der Waals surface area (Å²) in [5.74, 6) is 0.858. The zero-order valence-electron chi connectivity index (χ0n) is 10.7. The summed E-state index contributed by atoms with van der Waals surface area (Å²) in [5, 5.41) is 3.63. The summed E-state index contributed by atoms with van der Waals surface area (Å²) >= 11 is 0. The van der Waals surface area contributed by atoms with Gasteiger partial charge in [0.1, 0.15) is 0 Å². The highest BCUT2D eigenvalue weighted by atomic mass is 14.9. The predicted molar refractivity (Wildman–Crippen MR) is 69.7 cm³/mol. The third-order valence-corrected chi connectivity index (χ3v) is 3.30. The Hall–Kier alpha value is -0.820. The quantitative estimate of drug-likeness (QED) is 0.785. The van der Waals surface area contributed by atoms with E-state index < -0.39 is 0 Å². The molecule has 0 saturated heterocycles. The highest BCUT2D eigenvalue weighted by molar-refractivity contribution is 5.30. The minimum absolute atomic E-state index is 0.513. The van der Waals surface area contributed by atoms with E-state index in [1.54, 1.807) is 5.56 Å². The van der Waals surface area contributed by atoms with Gasteiger partial charge in [-0.15, -0.1) is 0 Å². The molecule has 1 aromatic rings. The van der Waals surface area contributed by atoms with Gasteiger partial charge < -0.3 is 5.32 Å². The molecule has 2 rings (SSSR count). The molecule has 0 aliphatic heterocycles. The van der Waals surface area contributed by atoms with Crippen molar-refractivity contribution in [2.45, 2.75) is 58.0 Å². The molecule has 1 saturated carbocycles. The van der Waals surface area contributed by atoms with Crippen LogP contribution in [0.25, 0.3) is 0 Å². The van der Waals surface area contributed by atoms with Crippen LogP contribution < -0.4 is 5.32 Å². The third-order valence-electron chi connectivity index (χ3n) is 3.30. The molecule has 88 valence electrons. The molecule has 1 atom stereocenters. The van der Waals surface area contributed by atoms with Gasteiger partial charge in [-0.25, -0.2) is 0 Å². The van der Waals surface area contributed by atoms with Crippen molar-refractivity contribution in [2.75, 3.05) is 0 Å².